The van der Waals surface area contributed by atoms with Gasteiger partial charge in [0.15, 0.2) is 5.82 Å². The minimum absolute atomic E-state index is 0.111. The van der Waals surface area contributed by atoms with E-state index < -0.39 is 5.82 Å². The van der Waals surface area contributed by atoms with E-state index in [9.17, 15) is 9.18 Å². The van der Waals surface area contributed by atoms with Crippen LogP contribution in [0.3, 0.4) is 0 Å². The van der Waals surface area contributed by atoms with Gasteiger partial charge in [-0.2, -0.15) is 0 Å². The first-order chi connectivity index (χ1) is 11.6. The van der Waals surface area contributed by atoms with E-state index in [1.54, 1.807) is 0 Å². The van der Waals surface area contributed by atoms with Gasteiger partial charge in [-0.15, -0.1) is 5.10 Å². The molecule has 0 spiro atoms. The zero-order chi connectivity index (χ0) is 16.9. The van der Waals surface area contributed by atoms with Gasteiger partial charge in [0.1, 0.15) is 5.82 Å². The number of rotatable bonds is 5. The van der Waals surface area contributed by atoms with Gasteiger partial charge < -0.3 is 5.32 Å². The predicted octanol–water partition coefficient (Wildman–Crippen LogP) is 4.00. The molecule has 0 aliphatic carbocycles. The second-order valence-corrected chi connectivity index (χ2v) is 6.14. The second kappa shape index (κ2) is 7.46. The van der Waals surface area contributed by atoms with Gasteiger partial charge in [0, 0.05) is 5.56 Å². The molecule has 0 aliphatic rings. The SMILES string of the molecule is O=C(CSc1n[nH]c(-c2ccccc2)n1)Nc1ccc(F)cc1Cl. The van der Waals surface area contributed by atoms with Crippen LogP contribution in [0, 0.1) is 5.82 Å². The fraction of sp³-hybridized carbons (Fsp3) is 0.0625. The summed E-state index contributed by atoms with van der Waals surface area (Å²) in [4.78, 5) is 16.3. The molecule has 0 fully saturated rings. The zero-order valence-electron chi connectivity index (χ0n) is 12.3. The average Bonchev–Trinajstić information content (AvgIpc) is 3.05. The van der Waals surface area contributed by atoms with Crippen molar-refractivity contribution in [2.24, 2.45) is 0 Å². The van der Waals surface area contributed by atoms with Crippen LogP contribution in [0.25, 0.3) is 11.4 Å². The molecule has 2 aromatic carbocycles. The molecule has 3 aromatic rings. The van der Waals surface area contributed by atoms with E-state index >= 15 is 0 Å². The Kier molecular flexibility index (Phi) is 5.12. The Bertz CT molecular complexity index is 856. The normalized spacial score (nSPS) is 10.6. The Labute approximate surface area is 146 Å². The molecule has 1 amide bonds. The van der Waals surface area contributed by atoms with E-state index in [1.165, 1.54) is 23.9 Å². The molecule has 0 bridgehead atoms. The van der Waals surface area contributed by atoms with Crippen LogP contribution in [0.5, 0.6) is 0 Å². The van der Waals surface area contributed by atoms with Crippen molar-refractivity contribution in [1.82, 2.24) is 15.2 Å². The number of hydrogen-bond acceptors (Lipinski definition) is 4. The van der Waals surface area contributed by atoms with Crippen LogP contribution in [0.15, 0.2) is 53.7 Å². The van der Waals surface area contributed by atoms with E-state index in [1.807, 2.05) is 30.3 Å². The van der Waals surface area contributed by atoms with Crippen molar-refractivity contribution in [3.8, 4) is 11.4 Å². The standard InChI is InChI=1S/C16H12ClFN4OS/c17-12-8-11(18)6-7-13(12)19-14(23)9-24-16-20-15(21-22-16)10-4-2-1-3-5-10/h1-8H,9H2,(H,19,23)(H,20,21,22). The van der Waals surface area contributed by atoms with E-state index in [2.05, 4.69) is 20.5 Å². The van der Waals surface area contributed by atoms with Gasteiger partial charge in [-0.25, -0.2) is 9.37 Å². The molecule has 0 saturated heterocycles. The number of amides is 1. The van der Waals surface area contributed by atoms with Crippen molar-refractivity contribution in [3.63, 3.8) is 0 Å². The number of thioether (sulfide) groups is 1. The number of H-pyrrole nitrogens is 1. The van der Waals surface area contributed by atoms with Crippen molar-refractivity contribution in [2.45, 2.75) is 5.16 Å². The van der Waals surface area contributed by atoms with Gasteiger partial charge in [0.2, 0.25) is 11.1 Å². The van der Waals surface area contributed by atoms with Gasteiger partial charge in [-0.05, 0) is 18.2 Å². The third-order valence-electron chi connectivity index (χ3n) is 3.05. The molecule has 0 radical (unpaired) electrons. The summed E-state index contributed by atoms with van der Waals surface area (Å²) in [6.07, 6.45) is 0. The van der Waals surface area contributed by atoms with Crippen LogP contribution < -0.4 is 5.32 Å². The largest absolute Gasteiger partial charge is 0.324 e. The monoisotopic (exact) mass is 362 g/mol. The first kappa shape index (κ1) is 16.5. The lowest BCUT2D eigenvalue weighted by Gasteiger charge is -2.06. The number of benzene rings is 2. The quantitative estimate of drug-likeness (QED) is 0.673. The Balaban J connectivity index is 1.58. The molecule has 0 saturated carbocycles. The summed E-state index contributed by atoms with van der Waals surface area (Å²) in [5.74, 6) is 0.0148. The highest BCUT2D eigenvalue weighted by atomic mass is 35.5. The summed E-state index contributed by atoms with van der Waals surface area (Å²) < 4.78 is 13.0. The number of hydrogen-bond donors (Lipinski definition) is 2. The number of nitrogens with zero attached hydrogens (tertiary/aromatic N) is 2. The summed E-state index contributed by atoms with van der Waals surface area (Å²) in [6, 6.07) is 13.4. The molecule has 122 valence electrons. The molecular formula is C16H12ClFN4OS. The topological polar surface area (TPSA) is 70.7 Å². The summed E-state index contributed by atoms with van der Waals surface area (Å²) >= 11 is 7.06. The zero-order valence-corrected chi connectivity index (χ0v) is 13.9. The van der Waals surface area contributed by atoms with Gasteiger partial charge in [-0.1, -0.05) is 53.7 Å². The van der Waals surface area contributed by atoms with E-state index in [0.29, 0.717) is 16.7 Å². The van der Waals surface area contributed by atoms with Crippen LogP contribution in [0.4, 0.5) is 10.1 Å². The first-order valence-electron chi connectivity index (χ1n) is 6.97. The average molecular weight is 363 g/mol. The predicted molar refractivity (Wildman–Crippen MR) is 92.6 cm³/mol. The molecule has 3 rings (SSSR count). The Hall–Kier alpha value is -2.38. The highest BCUT2D eigenvalue weighted by molar-refractivity contribution is 7.99. The summed E-state index contributed by atoms with van der Waals surface area (Å²) in [5.41, 5.74) is 1.28. The maximum absolute atomic E-state index is 13.0. The van der Waals surface area contributed by atoms with Crippen LogP contribution in [-0.2, 0) is 4.79 Å². The Morgan fingerprint density at radius 1 is 1.25 bits per heavy atom. The molecule has 1 aromatic heterocycles. The van der Waals surface area contributed by atoms with Gasteiger partial charge >= 0.3 is 0 Å². The number of nitrogens with one attached hydrogen (secondary N) is 2. The smallest absolute Gasteiger partial charge is 0.234 e. The van der Waals surface area contributed by atoms with Gasteiger partial charge in [-0.3, -0.25) is 9.89 Å². The number of carbonyl (C=O) groups excluding carboxylic acids is 1. The summed E-state index contributed by atoms with van der Waals surface area (Å²) in [5, 5.41) is 10.1. The van der Waals surface area contributed by atoms with E-state index in [4.69, 9.17) is 11.6 Å². The molecule has 0 aliphatic heterocycles. The molecular weight excluding hydrogens is 351 g/mol. The minimum atomic E-state index is -0.457. The number of halogens is 2. The molecule has 2 N–H and O–H groups in total. The third kappa shape index (κ3) is 4.12. The lowest BCUT2D eigenvalue weighted by molar-refractivity contribution is -0.113. The fourth-order valence-corrected chi connectivity index (χ4v) is 2.76. The second-order valence-electron chi connectivity index (χ2n) is 4.79. The lowest BCUT2D eigenvalue weighted by Crippen LogP contribution is -2.14. The van der Waals surface area contributed by atoms with E-state index in [0.717, 1.165) is 11.6 Å². The summed E-state index contributed by atoms with van der Waals surface area (Å²) in [6.45, 7) is 0. The van der Waals surface area contributed by atoms with Crippen LogP contribution in [0.1, 0.15) is 0 Å². The van der Waals surface area contributed by atoms with Crippen molar-refractivity contribution in [1.29, 1.82) is 0 Å². The van der Waals surface area contributed by atoms with Crippen molar-refractivity contribution < 1.29 is 9.18 Å². The third-order valence-corrected chi connectivity index (χ3v) is 4.21. The maximum atomic E-state index is 13.0. The highest BCUT2D eigenvalue weighted by Gasteiger charge is 2.10. The Morgan fingerprint density at radius 2 is 2.04 bits per heavy atom. The maximum Gasteiger partial charge on any atom is 0.234 e. The minimum Gasteiger partial charge on any atom is -0.324 e. The van der Waals surface area contributed by atoms with Crippen molar-refractivity contribution in [3.05, 3.63) is 59.4 Å². The van der Waals surface area contributed by atoms with Crippen molar-refractivity contribution in [2.75, 3.05) is 11.1 Å². The van der Waals surface area contributed by atoms with Gasteiger partial charge in [0.25, 0.3) is 0 Å². The number of carbonyl (C=O) groups is 1. The molecule has 8 heteroatoms. The highest BCUT2D eigenvalue weighted by Crippen LogP contribution is 2.23. The van der Waals surface area contributed by atoms with Crippen molar-refractivity contribution >= 4 is 35.0 Å². The van der Waals surface area contributed by atoms with E-state index in [-0.39, 0.29) is 16.7 Å². The molecule has 5 nitrogen and oxygen atoms in total. The Morgan fingerprint density at radius 3 is 2.79 bits per heavy atom. The molecule has 1 heterocycles. The fourth-order valence-electron chi connectivity index (χ4n) is 1.94. The van der Waals surface area contributed by atoms with Crippen LogP contribution in [0.2, 0.25) is 5.02 Å². The number of anilines is 1. The van der Waals surface area contributed by atoms with Gasteiger partial charge in [0.05, 0.1) is 16.5 Å². The number of aromatic amines is 1. The molecule has 0 atom stereocenters. The lowest BCUT2D eigenvalue weighted by atomic mass is 10.2. The molecule has 24 heavy (non-hydrogen) atoms. The molecule has 0 unspecified atom stereocenters. The number of aromatic nitrogens is 3. The summed E-state index contributed by atoms with van der Waals surface area (Å²) in [7, 11) is 0. The van der Waals surface area contributed by atoms with Crippen LogP contribution in [-0.4, -0.2) is 26.8 Å². The van der Waals surface area contributed by atoms with Crippen LogP contribution >= 0.6 is 23.4 Å². The first-order valence-corrected chi connectivity index (χ1v) is 8.34.